The number of rotatable bonds is 5. The summed E-state index contributed by atoms with van der Waals surface area (Å²) < 4.78 is 5.61. The summed E-state index contributed by atoms with van der Waals surface area (Å²) in [6.07, 6.45) is 1.30. The SMILES string of the molecule is Nc1c(NNC(=O)c2ccccc2)ncnc1Oc1ccccc1. The molecule has 0 radical (unpaired) electrons. The number of nitrogen functional groups attached to an aromatic ring is 1. The van der Waals surface area contributed by atoms with Crippen molar-refractivity contribution in [2.24, 2.45) is 0 Å². The molecule has 3 rings (SSSR count). The zero-order chi connectivity index (χ0) is 16.8. The lowest BCUT2D eigenvalue weighted by Crippen LogP contribution is -2.30. The van der Waals surface area contributed by atoms with E-state index in [2.05, 4.69) is 20.8 Å². The van der Waals surface area contributed by atoms with Gasteiger partial charge in [-0.1, -0.05) is 36.4 Å². The van der Waals surface area contributed by atoms with Crippen LogP contribution in [0.4, 0.5) is 11.5 Å². The van der Waals surface area contributed by atoms with E-state index in [9.17, 15) is 4.79 Å². The first-order chi connectivity index (χ1) is 11.7. The number of amides is 1. The molecule has 1 amide bonds. The molecule has 0 saturated carbocycles. The van der Waals surface area contributed by atoms with E-state index >= 15 is 0 Å². The van der Waals surface area contributed by atoms with E-state index in [1.54, 1.807) is 36.4 Å². The third-order valence-corrected chi connectivity index (χ3v) is 3.14. The fourth-order valence-electron chi connectivity index (χ4n) is 1.94. The third-order valence-electron chi connectivity index (χ3n) is 3.14. The lowest BCUT2D eigenvalue weighted by Gasteiger charge is -2.12. The second-order valence-corrected chi connectivity index (χ2v) is 4.80. The van der Waals surface area contributed by atoms with Crippen molar-refractivity contribution in [3.05, 3.63) is 72.6 Å². The topological polar surface area (TPSA) is 102 Å². The van der Waals surface area contributed by atoms with Gasteiger partial charge in [-0.3, -0.25) is 15.6 Å². The van der Waals surface area contributed by atoms with E-state index in [-0.39, 0.29) is 23.3 Å². The molecule has 0 aliphatic heterocycles. The van der Waals surface area contributed by atoms with Crippen molar-refractivity contribution in [1.82, 2.24) is 15.4 Å². The Kier molecular flexibility index (Phi) is 4.52. The highest BCUT2D eigenvalue weighted by Gasteiger charge is 2.11. The largest absolute Gasteiger partial charge is 0.437 e. The van der Waals surface area contributed by atoms with Gasteiger partial charge in [0.25, 0.3) is 5.91 Å². The van der Waals surface area contributed by atoms with Crippen LogP contribution in [0.15, 0.2) is 67.0 Å². The van der Waals surface area contributed by atoms with Crippen LogP contribution in [0.25, 0.3) is 0 Å². The van der Waals surface area contributed by atoms with Gasteiger partial charge in [-0.25, -0.2) is 4.98 Å². The number of nitrogens with zero attached hydrogens (tertiary/aromatic N) is 2. The van der Waals surface area contributed by atoms with Crippen LogP contribution in [0.1, 0.15) is 10.4 Å². The van der Waals surface area contributed by atoms with Gasteiger partial charge in [-0.05, 0) is 24.3 Å². The number of hydrogen-bond acceptors (Lipinski definition) is 6. The first kappa shape index (κ1) is 15.3. The van der Waals surface area contributed by atoms with Crippen molar-refractivity contribution in [2.75, 3.05) is 11.2 Å². The maximum atomic E-state index is 12.0. The van der Waals surface area contributed by atoms with Crippen LogP contribution in [0.3, 0.4) is 0 Å². The van der Waals surface area contributed by atoms with Crippen LogP contribution in [-0.2, 0) is 0 Å². The fraction of sp³-hybridized carbons (Fsp3) is 0. The minimum Gasteiger partial charge on any atom is -0.437 e. The summed E-state index contributed by atoms with van der Waals surface area (Å²) in [4.78, 5) is 20.0. The molecule has 1 aromatic heterocycles. The van der Waals surface area contributed by atoms with E-state index in [0.717, 1.165) is 0 Å². The summed E-state index contributed by atoms with van der Waals surface area (Å²) in [7, 11) is 0. The lowest BCUT2D eigenvalue weighted by atomic mass is 10.2. The second-order valence-electron chi connectivity index (χ2n) is 4.80. The molecule has 0 aliphatic rings. The molecule has 0 spiro atoms. The molecule has 7 heteroatoms. The van der Waals surface area contributed by atoms with Crippen molar-refractivity contribution < 1.29 is 9.53 Å². The summed E-state index contributed by atoms with van der Waals surface area (Å²) in [5.41, 5.74) is 11.9. The van der Waals surface area contributed by atoms with Gasteiger partial charge in [-0.15, -0.1) is 0 Å². The van der Waals surface area contributed by atoms with Crippen LogP contribution in [0.2, 0.25) is 0 Å². The van der Waals surface area contributed by atoms with Gasteiger partial charge in [0.1, 0.15) is 17.8 Å². The molecule has 120 valence electrons. The van der Waals surface area contributed by atoms with Gasteiger partial charge in [0.15, 0.2) is 5.82 Å². The zero-order valence-corrected chi connectivity index (χ0v) is 12.6. The molecule has 0 saturated heterocycles. The number of carbonyl (C=O) groups excluding carboxylic acids is 1. The molecular formula is C17H15N5O2. The second kappa shape index (κ2) is 7.10. The standard InChI is InChI=1S/C17H15N5O2/c18-14-15(21-22-16(23)12-7-3-1-4-8-12)19-11-20-17(14)24-13-9-5-2-6-10-13/h1-11H,18H2,(H,22,23)(H,19,20,21). The summed E-state index contributed by atoms with van der Waals surface area (Å²) in [6, 6.07) is 17.9. The molecule has 2 aromatic carbocycles. The molecule has 7 nitrogen and oxygen atoms in total. The smallest absolute Gasteiger partial charge is 0.269 e. The highest BCUT2D eigenvalue weighted by molar-refractivity contribution is 5.95. The molecule has 0 bridgehead atoms. The number of anilines is 2. The maximum absolute atomic E-state index is 12.0. The first-order valence-corrected chi connectivity index (χ1v) is 7.19. The van der Waals surface area contributed by atoms with Crippen LogP contribution >= 0.6 is 0 Å². The van der Waals surface area contributed by atoms with Gasteiger partial charge in [0, 0.05) is 5.56 Å². The van der Waals surface area contributed by atoms with E-state index in [4.69, 9.17) is 10.5 Å². The van der Waals surface area contributed by atoms with E-state index < -0.39 is 0 Å². The summed E-state index contributed by atoms with van der Waals surface area (Å²) >= 11 is 0. The quantitative estimate of drug-likeness (QED) is 0.624. The number of nitrogens with one attached hydrogen (secondary N) is 2. The average Bonchev–Trinajstić information content (AvgIpc) is 2.64. The number of aromatic nitrogens is 2. The Balaban J connectivity index is 1.70. The molecule has 3 aromatic rings. The third kappa shape index (κ3) is 3.58. The number of hydrogen-bond donors (Lipinski definition) is 3. The lowest BCUT2D eigenvalue weighted by molar-refractivity contribution is 0.0962. The van der Waals surface area contributed by atoms with Gasteiger partial charge in [0.05, 0.1) is 0 Å². The van der Waals surface area contributed by atoms with Crippen molar-refractivity contribution in [3.8, 4) is 11.6 Å². The Morgan fingerprint density at radius 2 is 1.62 bits per heavy atom. The molecule has 1 heterocycles. The van der Waals surface area contributed by atoms with Crippen molar-refractivity contribution in [1.29, 1.82) is 0 Å². The van der Waals surface area contributed by atoms with E-state index in [0.29, 0.717) is 11.3 Å². The predicted molar refractivity (Wildman–Crippen MR) is 90.5 cm³/mol. The Hall–Kier alpha value is -3.61. The normalized spacial score (nSPS) is 10.0. The first-order valence-electron chi connectivity index (χ1n) is 7.19. The van der Waals surface area contributed by atoms with E-state index in [1.807, 2.05) is 24.3 Å². The van der Waals surface area contributed by atoms with Crippen molar-refractivity contribution in [2.45, 2.75) is 0 Å². The van der Waals surface area contributed by atoms with Crippen LogP contribution in [0.5, 0.6) is 11.6 Å². The van der Waals surface area contributed by atoms with Gasteiger partial charge >= 0.3 is 0 Å². The Morgan fingerprint density at radius 1 is 0.958 bits per heavy atom. The van der Waals surface area contributed by atoms with Crippen molar-refractivity contribution >= 4 is 17.4 Å². The molecular weight excluding hydrogens is 306 g/mol. The maximum Gasteiger partial charge on any atom is 0.269 e. The number of benzene rings is 2. The number of para-hydroxylation sites is 1. The van der Waals surface area contributed by atoms with Gasteiger partial charge in [-0.2, -0.15) is 4.98 Å². The van der Waals surface area contributed by atoms with E-state index in [1.165, 1.54) is 6.33 Å². The van der Waals surface area contributed by atoms with Gasteiger partial charge < -0.3 is 10.5 Å². The van der Waals surface area contributed by atoms with Crippen molar-refractivity contribution in [3.63, 3.8) is 0 Å². The molecule has 24 heavy (non-hydrogen) atoms. The number of carbonyl (C=O) groups is 1. The fourth-order valence-corrected chi connectivity index (χ4v) is 1.94. The monoisotopic (exact) mass is 321 g/mol. The Morgan fingerprint density at radius 3 is 2.33 bits per heavy atom. The molecule has 0 atom stereocenters. The minimum absolute atomic E-state index is 0.190. The Bertz CT molecular complexity index is 825. The number of ether oxygens (including phenoxy) is 1. The molecule has 0 fully saturated rings. The molecule has 0 aliphatic carbocycles. The molecule has 4 N–H and O–H groups in total. The minimum atomic E-state index is -0.306. The predicted octanol–water partition coefficient (Wildman–Crippen LogP) is 2.61. The van der Waals surface area contributed by atoms with Crippen LogP contribution in [-0.4, -0.2) is 15.9 Å². The highest BCUT2D eigenvalue weighted by Crippen LogP contribution is 2.28. The number of hydrazine groups is 1. The summed E-state index contributed by atoms with van der Waals surface area (Å²) in [6.45, 7) is 0. The van der Waals surface area contributed by atoms with Gasteiger partial charge in [0.2, 0.25) is 5.88 Å². The molecule has 0 unspecified atom stereocenters. The van der Waals surface area contributed by atoms with Crippen LogP contribution < -0.4 is 21.3 Å². The zero-order valence-electron chi connectivity index (χ0n) is 12.6. The highest BCUT2D eigenvalue weighted by atomic mass is 16.5. The van der Waals surface area contributed by atoms with Crippen LogP contribution in [0, 0.1) is 0 Å². The summed E-state index contributed by atoms with van der Waals surface area (Å²) in [5.74, 6) is 0.745. The summed E-state index contributed by atoms with van der Waals surface area (Å²) in [5, 5.41) is 0. The average molecular weight is 321 g/mol. The Labute approximate surface area is 138 Å². The number of nitrogens with two attached hydrogens (primary N) is 1.